The van der Waals surface area contributed by atoms with Gasteiger partial charge in [0.15, 0.2) is 6.10 Å². The molecule has 0 spiro atoms. The molecule has 3 heterocycles. The van der Waals surface area contributed by atoms with Crippen LogP contribution in [0.3, 0.4) is 0 Å². The summed E-state index contributed by atoms with van der Waals surface area (Å²) in [6.45, 7) is 9.47. The fourth-order valence-corrected chi connectivity index (χ4v) is 4.11. The number of rotatable bonds is 7. The second-order valence-corrected chi connectivity index (χ2v) is 9.93. The molecule has 10 heteroatoms. The van der Waals surface area contributed by atoms with Gasteiger partial charge in [-0.1, -0.05) is 0 Å². The molecule has 2 unspecified atom stereocenters. The highest BCUT2D eigenvalue weighted by Crippen LogP contribution is 2.36. The lowest BCUT2D eigenvalue weighted by atomic mass is 9.81. The van der Waals surface area contributed by atoms with Gasteiger partial charge < -0.3 is 29.3 Å². The maximum atomic E-state index is 12.1. The van der Waals surface area contributed by atoms with Crippen LogP contribution >= 0.6 is 0 Å². The minimum atomic E-state index is -1.33. The maximum absolute atomic E-state index is 12.1. The minimum Gasteiger partial charge on any atom is -0.399 e. The highest BCUT2D eigenvalue weighted by atomic mass is 16.7. The van der Waals surface area contributed by atoms with Crippen molar-refractivity contribution in [3.8, 4) is 0 Å². The third-order valence-electron chi connectivity index (χ3n) is 6.94. The summed E-state index contributed by atoms with van der Waals surface area (Å²) in [5.74, 6) is 0.566. The first-order chi connectivity index (χ1) is 14.6. The van der Waals surface area contributed by atoms with Gasteiger partial charge in [0.25, 0.3) is 5.91 Å². The van der Waals surface area contributed by atoms with Crippen molar-refractivity contribution in [1.29, 1.82) is 0 Å². The molecule has 4 rings (SSSR count). The van der Waals surface area contributed by atoms with Crippen molar-refractivity contribution in [1.82, 2.24) is 14.9 Å². The van der Waals surface area contributed by atoms with Crippen LogP contribution in [-0.4, -0.2) is 87.7 Å². The molecule has 1 aromatic rings. The van der Waals surface area contributed by atoms with Crippen LogP contribution in [0.2, 0.25) is 0 Å². The lowest BCUT2D eigenvalue weighted by molar-refractivity contribution is -0.141. The highest BCUT2D eigenvalue weighted by Gasteiger charge is 2.52. The number of nitrogens with zero attached hydrogens (tertiary/aromatic N) is 4. The van der Waals surface area contributed by atoms with Crippen LogP contribution in [0.25, 0.3) is 0 Å². The number of aliphatic hydroxyl groups excluding tert-OH is 2. The van der Waals surface area contributed by atoms with Crippen molar-refractivity contribution in [2.24, 2.45) is 5.92 Å². The lowest BCUT2D eigenvalue weighted by Gasteiger charge is -2.32. The molecule has 1 aliphatic carbocycles. The van der Waals surface area contributed by atoms with Crippen molar-refractivity contribution in [3.05, 3.63) is 12.4 Å². The predicted octanol–water partition coefficient (Wildman–Crippen LogP) is -0.0537. The molecule has 170 valence electrons. The Morgan fingerprint density at radius 2 is 1.84 bits per heavy atom. The molecule has 0 bridgehead atoms. The minimum absolute atomic E-state index is 0.279. The second kappa shape index (κ2) is 8.31. The molecule has 1 aromatic heterocycles. The first-order valence-electron chi connectivity index (χ1n) is 11.1. The number of aliphatic hydroxyl groups is 2. The summed E-state index contributed by atoms with van der Waals surface area (Å²) < 4.78 is 12.2. The van der Waals surface area contributed by atoms with Crippen molar-refractivity contribution in [3.63, 3.8) is 0 Å². The Morgan fingerprint density at radius 1 is 1.23 bits per heavy atom. The largest absolute Gasteiger partial charge is 0.498 e. The van der Waals surface area contributed by atoms with E-state index in [1.807, 2.05) is 27.7 Å². The number of anilines is 1. The molecule has 9 nitrogen and oxygen atoms in total. The summed E-state index contributed by atoms with van der Waals surface area (Å²) in [6, 6.07) is 0.426. The third-order valence-corrected chi connectivity index (χ3v) is 6.94. The first-order valence-corrected chi connectivity index (χ1v) is 11.1. The number of aromatic nitrogens is 2. The van der Waals surface area contributed by atoms with Crippen LogP contribution in [0.15, 0.2) is 12.4 Å². The summed E-state index contributed by atoms with van der Waals surface area (Å²) in [7, 11) is -0.485. The normalized spacial score (nSPS) is 25.7. The molecule has 31 heavy (non-hydrogen) atoms. The molecule has 0 aromatic carbocycles. The lowest BCUT2D eigenvalue weighted by Crippen LogP contribution is -2.41. The smallest absolute Gasteiger partial charge is 0.399 e. The standard InChI is InChI=1S/C21H33BN4O5/c1-20(2)21(3,4)31-22(30-20)15-9-23-19(24-10-15)26(16-5-6-16)12-14-7-8-25(11-14)18(29)17(28)13-27/h9-10,14,16-17,27-28H,5-8,11-13H2,1-4H3. The number of amides is 1. The van der Waals surface area contributed by atoms with Gasteiger partial charge in [-0.2, -0.15) is 0 Å². The highest BCUT2D eigenvalue weighted by molar-refractivity contribution is 6.61. The van der Waals surface area contributed by atoms with Crippen LogP contribution in [0.1, 0.15) is 47.0 Å². The summed E-state index contributed by atoms with van der Waals surface area (Å²) in [5, 5.41) is 18.6. The quantitative estimate of drug-likeness (QED) is 0.578. The van der Waals surface area contributed by atoms with Gasteiger partial charge in [0.05, 0.1) is 17.8 Å². The fraction of sp³-hybridized carbons (Fsp3) is 0.762. The monoisotopic (exact) mass is 432 g/mol. The topological polar surface area (TPSA) is 108 Å². The van der Waals surface area contributed by atoms with E-state index in [2.05, 4.69) is 14.9 Å². The van der Waals surface area contributed by atoms with Gasteiger partial charge >= 0.3 is 7.12 Å². The molecule has 1 saturated carbocycles. The van der Waals surface area contributed by atoms with Gasteiger partial charge in [-0.05, 0) is 52.9 Å². The fourth-order valence-electron chi connectivity index (χ4n) is 4.11. The molecule has 0 radical (unpaired) electrons. The van der Waals surface area contributed by atoms with Gasteiger partial charge in [0, 0.05) is 43.5 Å². The van der Waals surface area contributed by atoms with Gasteiger partial charge in [-0.3, -0.25) is 4.79 Å². The molecule has 2 aliphatic heterocycles. The molecule has 2 saturated heterocycles. The molecule has 2 N–H and O–H groups in total. The van der Waals surface area contributed by atoms with E-state index in [9.17, 15) is 9.90 Å². The maximum Gasteiger partial charge on any atom is 0.498 e. The van der Waals surface area contributed by atoms with E-state index in [-0.39, 0.29) is 5.92 Å². The SMILES string of the molecule is CC1(C)OB(c2cnc(N(CC3CCN(C(=O)C(O)CO)C3)C3CC3)nc2)OC1(C)C. The Balaban J connectivity index is 1.40. The van der Waals surface area contributed by atoms with Crippen LogP contribution in [-0.2, 0) is 14.1 Å². The summed E-state index contributed by atoms with van der Waals surface area (Å²) in [6.07, 6.45) is 5.31. The third kappa shape index (κ3) is 4.57. The number of likely N-dealkylation sites (tertiary alicyclic amines) is 1. The number of hydrogen-bond donors (Lipinski definition) is 2. The summed E-state index contributed by atoms with van der Waals surface area (Å²) in [5.41, 5.74) is -0.0221. The molecular weight excluding hydrogens is 399 g/mol. The van der Waals surface area contributed by atoms with Crippen molar-refractivity contribution < 1.29 is 24.3 Å². The van der Waals surface area contributed by atoms with Crippen molar-refractivity contribution in [2.75, 3.05) is 31.1 Å². The average Bonchev–Trinajstić information content (AvgIpc) is 3.42. The van der Waals surface area contributed by atoms with Gasteiger partial charge in [-0.25, -0.2) is 9.97 Å². The van der Waals surface area contributed by atoms with Gasteiger partial charge in [0.1, 0.15) is 0 Å². The van der Waals surface area contributed by atoms with E-state index in [4.69, 9.17) is 14.4 Å². The summed E-state index contributed by atoms with van der Waals surface area (Å²) in [4.78, 5) is 25.2. The van der Waals surface area contributed by atoms with Crippen molar-refractivity contribution in [2.45, 2.75) is 70.3 Å². The van der Waals surface area contributed by atoms with Crippen LogP contribution in [0.4, 0.5) is 5.95 Å². The molecule has 1 amide bonds. The second-order valence-electron chi connectivity index (χ2n) is 9.93. The Kier molecular flexibility index (Phi) is 6.02. The predicted molar refractivity (Wildman–Crippen MR) is 116 cm³/mol. The van der Waals surface area contributed by atoms with E-state index in [1.165, 1.54) is 0 Å². The van der Waals surface area contributed by atoms with Gasteiger partial charge in [-0.15, -0.1) is 0 Å². The summed E-state index contributed by atoms with van der Waals surface area (Å²) >= 11 is 0. The van der Waals surface area contributed by atoms with E-state index < -0.39 is 36.9 Å². The zero-order valence-corrected chi connectivity index (χ0v) is 18.8. The van der Waals surface area contributed by atoms with Gasteiger partial charge in [0.2, 0.25) is 5.95 Å². The van der Waals surface area contributed by atoms with E-state index >= 15 is 0 Å². The van der Waals surface area contributed by atoms with E-state index in [1.54, 1.807) is 17.3 Å². The molecular formula is C21H33BN4O5. The Hall–Kier alpha value is -1.75. The zero-order valence-electron chi connectivity index (χ0n) is 18.8. The molecule has 2 atom stereocenters. The average molecular weight is 432 g/mol. The van der Waals surface area contributed by atoms with Crippen LogP contribution in [0.5, 0.6) is 0 Å². The van der Waals surface area contributed by atoms with E-state index in [0.29, 0.717) is 25.1 Å². The van der Waals surface area contributed by atoms with Crippen LogP contribution in [0, 0.1) is 5.92 Å². The number of carbonyl (C=O) groups excluding carboxylic acids is 1. The molecule has 3 fully saturated rings. The van der Waals surface area contributed by atoms with Crippen LogP contribution < -0.4 is 10.4 Å². The van der Waals surface area contributed by atoms with Crippen molar-refractivity contribution >= 4 is 24.4 Å². The Bertz CT molecular complexity index is 785. The Morgan fingerprint density at radius 3 is 2.39 bits per heavy atom. The number of hydrogen-bond acceptors (Lipinski definition) is 8. The Labute approximate surface area is 183 Å². The van der Waals surface area contributed by atoms with E-state index in [0.717, 1.165) is 31.3 Å². The number of carbonyl (C=O) groups is 1. The first kappa shape index (κ1) is 22.4. The zero-order chi connectivity index (χ0) is 22.4. The molecule has 3 aliphatic rings.